The lowest BCUT2D eigenvalue weighted by Crippen LogP contribution is -2.22. The van der Waals surface area contributed by atoms with Crippen LogP contribution in [0.2, 0.25) is 0 Å². The van der Waals surface area contributed by atoms with Gasteiger partial charge in [0.05, 0.1) is 6.61 Å². The van der Waals surface area contributed by atoms with Crippen molar-refractivity contribution >= 4 is 0 Å². The van der Waals surface area contributed by atoms with Gasteiger partial charge in [0, 0.05) is 12.6 Å². The molecule has 1 aromatic carbocycles. The van der Waals surface area contributed by atoms with E-state index in [1.165, 1.54) is 25.9 Å². The van der Waals surface area contributed by atoms with Gasteiger partial charge in [0.25, 0.3) is 0 Å². The van der Waals surface area contributed by atoms with E-state index in [-0.39, 0.29) is 11.9 Å². The number of hydrogen-bond acceptors (Lipinski definition) is 3. The molecule has 20 heavy (non-hydrogen) atoms. The van der Waals surface area contributed by atoms with E-state index in [4.69, 9.17) is 4.74 Å². The molecule has 112 valence electrons. The Morgan fingerprint density at radius 1 is 1.35 bits per heavy atom. The van der Waals surface area contributed by atoms with Crippen LogP contribution < -0.4 is 10.1 Å². The topological polar surface area (TPSA) is 24.5 Å². The van der Waals surface area contributed by atoms with Crippen molar-refractivity contribution in [2.24, 2.45) is 0 Å². The Kier molecular flexibility index (Phi) is 5.80. The van der Waals surface area contributed by atoms with E-state index in [9.17, 15) is 4.39 Å². The molecule has 0 amide bonds. The van der Waals surface area contributed by atoms with Crippen molar-refractivity contribution in [3.05, 3.63) is 29.6 Å². The second-order valence-electron chi connectivity index (χ2n) is 5.45. The number of ether oxygens (including phenoxy) is 1. The van der Waals surface area contributed by atoms with Crippen LogP contribution >= 0.6 is 0 Å². The van der Waals surface area contributed by atoms with Crippen molar-refractivity contribution in [3.63, 3.8) is 0 Å². The summed E-state index contributed by atoms with van der Waals surface area (Å²) in [6, 6.07) is 5.35. The van der Waals surface area contributed by atoms with Crippen molar-refractivity contribution in [2.75, 3.05) is 33.3 Å². The molecule has 4 heteroatoms. The fourth-order valence-electron chi connectivity index (χ4n) is 2.55. The van der Waals surface area contributed by atoms with Crippen molar-refractivity contribution in [2.45, 2.75) is 32.2 Å². The molecular formula is C16H25FN2O. The van der Waals surface area contributed by atoms with Crippen LogP contribution in [0.5, 0.6) is 5.75 Å². The van der Waals surface area contributed by atoms with Crippen LogP contribution in [-0.4, -0.2) is 38.2 Å². The van der Waals surface area contributed by atoms with Crippen LogP contribution in [0.3, 0.4) is 0 Å². The molecule has 1 unspecified atom stereocenters. The summed E-state index contributed by atoms with van der Waals surface area (Å²) >= 11 is 0. The molecule has 1 heterocycles. The Morgan fingerprint density at radius 3 is 2.75 bits per heavy atom. The molecule has 0 saturated carbocycles. The summed E-state index contributed by atoms with van der Waals surface area (Å²) < 4.78 is 19.5. The van der Waals surface area contributed by atoms with Crippen LogP contribution in [0.1, 0.15) is 37.8 Å². The predicted molar refractivity (Wildman–Crippen MR) is 79.7 cm³/mol. The van der Waals surface area contributed by atoms with E-state index in [1.807, 2.05) is 20.0 Å². The van der Waals surface area contributed by atoms with Crippen molar-refractivity contribution in [3.8, 4) is 5.75 Å². The number of halogens is 1. The van der Waals surface area contributed by atoms with Gasteiger partial charge in [-0.2, -0.15) is 0 Å². The average molecular weight is 280 g/mol. The van der Waals surface area contributed by atoms with Crippen LogP contribution in [0.25, 0.3) is 0 Å². The molecule has 2 rings (SSSR count). The van der Waals surface area contributed by atoms with Gasteiger partial charge >= 0.3 is 0 Å². The van der Waals surface area contributed by atoms with Gasteiger partial charge in [-0.05, 0) is 64.0 Å². The van der Waals surface area contributed by atoms with E-state index in [2.05, 4.69) is 10.2 Å². The highest BCUT2D eigenvalue weighted by Gasteiger charge is 2.11. The highest BCUT2D eigenvalue weighted by atomic mass is 19.1. The lowest BCUT2D eigenvalue weighted by atomic mass is 10.1. The summed E-state index contributed by atoms with van der Waals surface area (Å²) in [6.45, 7) is 6.03. The first-order valence-corrected chi connectivity index (χ1v) is 7.52. The van der Waals surface area contributed by atoms with E-state index < -0.39 is 0 Å². The van der Waals surface area contributed by atoms with E-state index in [0.717, 1.165) is 18.5 Å². The second-order valence-corrected chi connectivity index (χ2v) is 5.45. The Morgan fingerprint density at radius 2 is 2.10 bits per heavy atom. The van der Waals surface area contributed by atoms with E-state index >= 15 is 0 Å². The second kappa shape index (κ2) is 7.60. The number of rotatable bonds is 7. The highest BCUT2D eigenvalue weighted by molar-refractivity contribution is 5.30. The number of hydrogen-bond donors (Lipinski definition) is 1. The van der Waals surface area contributed by atoms with Gasteiger partial charge < -0.3 is 15.0 Å². The smallest absolute Gasteiger partial charge is 0.165 e. The molecule has 3 nitrogen and oxygen atoms in total. The summed E-state index contributed by atoms with van der Waals surface area (Å²) in [6.07, 6.45) is 3.56. The first-order valence-electron chi connectivity index (χ1n) is 7.52. The normalized spacial score (nSPS) is 17.4. The van der Waals surface area contributed by atoms with Crippen molar-refractivity contribution in [1.29, 1.82) is 0 Å². The molecule has 0 aromatic heterocycles. The number of nitrogens with zero attached hydrogens (tertiary/aromatic N) is 1. The van der Waals surface area contributed by atoms with Crippen LogP contribution in [0.4, 0.5) is 4.39 Å². The van der Waals surface area contributed by atoms with Gasteiger partial charge in [0.2, 0.25) is 0 Å². The summed E-state index contributed by atoms with van der Waals surface area (Å²) in [5.41, 5.74) is 0.939. The largest absolute Gasteiger partial charge is 0.490 e. The maximum absolute atomic E-state index is 13.9. The Balaban J connectivity index is 1.77. The zero-order valence-electron chi connectivity index (χ0n) is 12.5. The molecule has 0 radical (unpaired) electrons. The van der Waals surface area contributed by atoms with Crippen LogP contribution in [0.15, 0.2) is 18.2 Å². The first-order chi connectivity index (χ1) is 9.70. The van der Waals surface area contributed by atoms with Gasteiger partial charge in [0.1, 0.15) is 0 Å². The molecule has 1 aliphatic rings. The van der Waals surface area contributed by atoms with Gasteiger partial charge in [-0.3, -0.25) is 0 Å². The van der Waals surface area contributed by atoms with Gasteiger partial charge in [-0.15, -0.1) is 0 Å². The SMILES string of the molecule is CNC(C)c1ccc(OCCCN2CCCC2)c(F)c1. The fraction of sp³-hybridized carbons (Fsp3) is 0.625. The van der Waals surface area contributed by atoms with Crippen LogP contribution in [-0.2, 0) is 0 Å². The minimum Gasteiger partial charge on any atom is -0.490 e. The zero-order valence-corrected chi connectivity index (χ0v) is 12.5. The summed E-state index contributed by atoms with van der Waals surface area (Å²) in [5.74, 6) is 0.0873. The predicted octanol–water partition coefficient (Wildman–Crippen LogP) is 2.97. The maximum Gasteiger partial charge on any atom is 0.165 e. The van der Waals surface area contributed by atoms with E-state index in [1.54, 1.807) is 12.1 Å². The Hall–Kier alpha value is -1.13. The number of likely N-dealkylation sites (tertiary alicyclic amines) is 1. The summed E-state index contributed by atoms with van der Waals surface area (Å²) in [5, 5.41) is 3.10. The molecule has 0 spiro atoms. The molecule has 1 N–H and O–H groups in total. The van der Waals surface area contributed by atoms with Crippen molar-refractivity contribution in [1.82, 2.24) is 10.2 Å². The standard InChI is InChI=1S/C16H25FN2O/c1-13(18-2)14-6-7-16(15(17)12-14)20-11-5-10-19-8-3-4-9-19/h6-7,12-13,18H,3-5,8-11H2,1-2H3. The third-order valence-electron chi connectivity index (χ3n) is 3.96. The quantitative estimate of drug-likeness (QED) is 0.777. The Bertz CT molecular complexity index is 419. The van der Waals surface area contributed by atoms with E-state index in [0.29, 0.717) is 12.4 Å². The third kappa shape index (κ3) is 4.18. The van der Waals surface area contributed by atoms with Crippen LogP contribution in [0, 0.1) is 5.82 Å². The zero-order chi connectivity index (χ0) is 14.4. The molecule has 0 bridgehead atoms. The first kappa shape index (κ1) is 15.3. The van der Waals surface area contributed by atoms with Gasteiger partial charge in [-0.1, -0.05) is 6.07 Å². The molecule has 1 fully saturated rings. The summed E-state index contributed by atoms with van der Waals surface area (Å²) in [4.78, 5) is 2.44. The molecule has 0 aliphatic carbocycles. The molecule has 1 atom stereocenters. The minimum absolute atomic E-state index is 0.147. The lowest BCUT2D eigenvalue weighted by molar-refractivity contribution is 0.255. The fourth-order valence-corrected chi connectivity index (χ4v) is 2.55. The molecular weight excluding hydrogens is 255 g/mol. The highest BCUT2D eigenvalue weighted by Crippen LogP contribution is 2.22. The summed E-state index contributed by atoms with van der Waals surface area (Å²) in [7, 11) is 1.87. The minimum atomic E-state index is -0.272. The maximum atomic E-state index is 13.9. The van der Waals surface area contributed by atoms with Crippen molar-refractivity contribution < 1.29 is 9.13 Å². The van der Waals surface area contributed by atoms with Gasteiger partial charge in [0.15, 0.2) is 11.6 Å². The van der Waals surface area contributed by atoms with Gasteiger partial charge in [-0.25, -0.2) is 4.39 Å². The average Bonchev–Trinajstić information content (AvgIpc) is 2.97. The molecule has 1 aromatic rings. The number of nitrogens with one attached hydrogen (secondary N) is 1. The molecule has 1 aliphatic heterocycles. The molecule has 1 saturated heterocycles. The lowest BCUT2D eigenvalue weighted by Gasteiger charge is -2.15. The number of benzene rings is 1. The Labute approximate surface area is 121 Å². The third-order valence-corrected chi connectivity index (χ3v) is 3.96. The monoisotopic (exact) mass is 280 g/mol.